The minimum Gasteiger partial charge on any atom is -0.369 e. The van der Waals surface area contributed by atoms with Crippen molar-refractivity contribution in [1.82, 2.24) is 9.71 Å². The SMILES string of the molecule is CCNc1ncccc1S(=O)(=O)NC1CCC(C)CC1C. The van der Waals surface area contributed by atoms with Crippen LogP contribution in [0.4, 0.5) is 5.82 Å². The Labute approximate surface area is 127 Å². The Morgan fingerprint density at radius 3 is 2.76 bits per heavy atom. The Morgan fingerprint density at radius 1 is 1.33 bits per heavy atom. The average molecular weight is 311 g/mol. The molecule has 0 aromatic carbocycles. The third-order valence-electron chi connectivity index (χ3n) is 4.14. The molecule has 1 aliphatic rings. The Balaban J connectivity index is 2.19. The highest BCUT2D eigenvalue weighted by atomic mass is 32.2. The standard InChI is InChI=1S/C15H25N3O2S/c1-4-16-15-14(6-5-9-17-15)21(19,20)18-13-8-7-11(2)10-12(13)3/h5-6,9,11-13,18H,4,7-8,10H2,1-3H3,(H,16,17). The molecule has 1 aromatic rings. The Bertz CT molecular complexity index is 574. The third kappa shape index (κ3) is 3.95. The van der Waals surface area contributed by atoms with Gasteiger partial charge in [0.25, 0.3) is 0 Å². The topological polar surface area (TPSA) is 71.1 Å². The maximum absolute atomic E-state index is 12.6. The zero-order valence-corrected chi connectivity index (χ0v) is 13.8. The highest BCUT2D eigenvalue weighted by Gasteiger charge is 2.30. The van der Waals surface area contributed by atoms with Gasteiger partial charge in [0, 0.05) is 18.8 Å². The summed E-state index contributed by atoms with van der Waals surface area (Å²) in [5, 5.41) is 3.01. The second kappa shape index (κ2) is 6.75. The van der Waals surface area contributed by atoms with E-state index in [-0.39, 0.29) is 10.9 Å². The van der Waals surface area contributed by atoms with Crippen LogP contribution in [0.2, 0.25) is 0 Å². The van der Waals surface area contributed by atoms with Gasteiger partial charge < -0.3 is 5.32 Å². The first-order valence-corrected chi connectivity index (χ1v) is 9.13. The normalized spacial score (nSPS) is 26.5. The van der Waals surface area contributed by atoms with E-state index in [1.807, 2.05) is 6.92 Å². The third-order valence-corrected chi connectivity index (χ3v) is 5.66. The largest absolute Gasteiger partial charge is 0.369 e. The summed E-state index contributed by atoms with van der Waals surface area (Å²) < 4.78 is 28.1. The van der Waals surface area contributed by atoms with Crippen molar-refractivity contribution < 1.29 is 8.42 Å². The van der Waals surface area contributed by atoms with Crippen LogP contribution in [-0.2, 0) is 10.0 Å². The van der Waals surface area contributed by atoms with Crippen LogP contribution < -0.4 is 10.0 Å². The van der Waals surface area contributed by atoms with Crippen LogP contribution >= 0.6 is 0 Å². The zero-order valence-electron chi connectivity index (χ0n) is 13.0. The van der Waals surface area contributed by atoms with E-state index in [2.05, 4.69) is 28.9 Å². The molecule has 3 unspecified atom stereocenters. The maximum atomic E-state index is 12.6. The first kappa shape index (κ1) is 16.2. The van der Waals surface area contributed by atoms with Crippen molar-refractivity contribution in [3.05, 3.63) is 18.3 Å². The lowest BCUT2D eigenvalue weighted by Crippen LogP contribution is -2.42. The van der Waals surface area contributed by atoms with E-state index in [1.165, 1.54) is 0 Å². The van der Waals surface area contributed by atoms with E-state index in [1.54, 1.807) is 18.3 Å². The molecule has 1 saturated carbocycles. The second-order valence-corrected chi connectivity index (χ2v) is 7.69. The molecule has 1 aromatic heterocycles. The summed E-state index contributed by atoms with van der Waals surface area (Å²) >= 11 is 0. The molecule has 1 fully saturated rings. The molecule has 0 radical (unpaired) electrons. The summed E-state index contributed by atoms with van der Waals surface area (Å²) in [4.78, 5) is 4.36. The van der Waals surface area contributed by atoms with Crippen LogP contribution in [0.25, 0.3) is 0 Å². The Morgan fingerprint density at radius 2 is 2.10 bits per heavy atom. The van der Waals surface area contributed by atoms with Gasteiger partial charge in [0.2, 0.25) is 10.0 Å². The quantitative estimate of drug-likeness (QED) is 0.877. The van der Waals surface area contributed by atoms with Gasteiger partial charge in [0.15, 0.2) is 0 Å². The van der Waals surface area contributed by atoms with E-state index < -0.39 is 10.0 Å². The first-order valence-electron chi connectivity index (χ1n) is 7.65. The lowest BCUT2D eigenvalue weighted by atomic mass is 9.80. The Hall–Kier alpha value is -1.14. The fourth-order valence-corrected chi connectivity index (χ4v) is 4.52. The van der Waals surface area contributed by atoms with Gasteiger partial charge in [-0.05, 0) is 50.2 Å². The molecule has 0 spiro atoms. The van der Waals surface area contributed by atoms with Crippen molar-refractivity contribution >= 4 is 15.8 Å². The number of anilines is 1. The number of nitrogens with zero attached hydrogens (tertiary/aromatic N) is 1. The molecule has 5 nitrogen and oxygen atoms in total. The van der Waals surface area contributed by atoms with E-state index in [9.17, 15) is 8.42 Å². The number of pyridine rings is 1. The number of sulfonamides is 1. The van der Waals surface area contributed by atoms with E-state index in [0.29, 0.717) is 24.2 Å². The number of aromatic nitrogens is 1. The molecule has 2 N–H and O–H groups in total. The summed E-state index contributed by atoms with van der Waals surface area (Å²) in [6, 6.07) is 3.27. The number of rotatable bonds is 5. The van der Waals surface area contributed by atoms with Crippen LogP contribution in [0.5, 0.6) is 0 Å². The molecular weight excluding hydrogens is 286 g/mol. The first-order chi connectivity index (χ1) is 9.94. The maximum Gasteiger partial charge on any atom is 0.244 e. The fraction of sp³-hybridized carbons (Fsp3) is 0.667. The van der Waals surface area contributed by atoms with E-state index in [0.717, 1.165) is 19.3 Å². The second-order valence-electron chi connectivity index (χ2n) is 6.00. The fourth-order valence-electron chi connectivity index (χ4n) is 3.01. The minimum absolute atomic E-state index is 0.0147. The van der Waals surface area contributed by atoms with Crippen molar-refractivity contribution in [3.63, 3.8) is 0 Å². The van der Waals surface area contributed by atoms with Crippen molar-refractivity contribution in [2.45, 2.75) is 51.0 Å². The number of nitrogens with one attached hydrogen (secondary N) is 2. The van der Waals surface area contributed by atoms with Crippen molar-refractivity contribution in [3.8, 4) is 0 Å². The minimum atomic E-state index is -3.54. The predicted octanol–water partition coefficient (Wildman–Crippen LogP) is 2.62. The van der Waals surface area contributed by atoms with Gasteiger partial charge in [-0.1, -0.05) is 13.8 Å². The molecule has 3 atom stereocenters. The highest BCUT2D eigenvalue weighted by molar-refractivity contribution is 7.89. The summed E-state index contributed by atoms with van der Waals surface area (Å²) in [5.41, 5.74) is 0. The van der Waals surface area contributed by atoms with Crippen molar-refractivity contribution in [1.29, 1.82) is 0 Å². The summed E-state index contributed by atoms with van der Waals surface area (Å²) in [6.07, 6.45) is 4.64. The molecule has 6 heteroatoms. The summed E-state index contributed by atoms with van der Waals surface area (Å²) in [5.74, 6) is 1.46. The van der Waals surface area contributed by atoms with Gasteiger partial charge in [-0.15, -0.1) is 0 Å². The van der Waals surface area contributed by atoms with Crippen molar-refractivity contribution in [2.24, 2.45) is 11.8 Å². The summed E-state index contributed by atoms with van der Waals surface area (Å²) in [6.45, 7) is 6.91. The molecule has 1 aliphatic carbocycles. The zero-order chi connectivity index (χ0) is 15.5. The van der Waals surface area contributed by atoms with Crippen LogP contribution in [0.3, 0.4) is 0 Å². The van der Waals surface area contributed by atoms with Gasteiger partial charge >= 0.3 is 0 Å². The molecule has 0 amide bonds. The van der Waals surface area contributed by atoms with Crippen LogP contribution in [0, 0.1) is 11.8 Å². The average Bonchev–Trinajstić information content (AvgIpc) is 2.43. The molecule has 0 aliphatic heterocycles. The van der Waals surface area contributed by atoms with E-state index in [4.69, 9.17) is 0 Å². The molecule has 0 saturated heterocycles. The van der Waals surface area contributed by atoms with Crippen LogP contribution in [0.1, 0.15) is 40.0 Å². The van der Waals surface area contributed by atoms with E-state index >= 15 is 0 Å². The molecule has 1 heterocycles. The van der Waals surface area contributed by atoms with Gasteiger partial charge in [-0.25, -0.2) is 18.1 Å². The van der Waals surface area contributed by atoms with Gasteiger partial charge in [-0.3, -0.25) is 0 Å². The van der Waals surface area contributed by atoms with Gasteiger partial charge in [0.1, 0.15) is 10.7 Å². The monoisotopic (exact) mass is 311 g/mol. The molecule has 0 bridgehead atoms. The molecular formula is C15H25N3O2S. The predicted molar refractivity (Wildman–Crippen MR) is 84.7 cm³/mol. The lowest BCUT2D eigenvalue weighted by molar-refractivity contribution is 0.249. The highest BCUT2D eigenvalue weighted by Crippen LogP contribution is 2.30. The van der Waals surface area contributed by atoms with Gasteiger partial charge in [-0.2, -0.15) is 0 Å². The molecule has 2 rings (SSSR count). The Kier molecular flexibility index (Phi) is 5.22. The smallest absolute Gasteiger partial charge is 0.244 e. The van der Waals surface area contributed by atoms with Crippen LogP contribution in [-0.4, -0.2) is 26.0 Å². The van der Waals surface area contributed by atoms with Gasteiger partial charge in [0.05, 0.1) is 0 Å². The summed E-state index contributed by atoms with van der Waals surface area (Å²) in [7, 11) is -3.54. The number of hydrogen-bond donors (Lipinski definition) is 2. The molecule has 118 valence electrons. The molecule has 21 heavy (non-hydrogen) atoms. The van der Waals surface area contributed by atoms with Crippen molar-refractivity contribution in [2.75, 3.05) is 11.9 Å². The lowest BCUT2D eigenvalue weighted by Gasteiger charge is -2.33. The van der Waals surface area contributed by atoms with Crippen LogP contribution in [0.15, 0.2) is 23.2 Å². The number of hydrogen-bond acceptors (Lipinski definition) is 4.